The van der Waals surface area contributed by atoms with Gasteiger partial charge in [-0.05, 0) is 103 Å². The van der Waals surface area contributed by atoms with E-state index in [1.165, 1.54) is 71.6 Å². The van der Waals surface area contributed by atoms with Crippen molar-refractivity contribution in [3.05, 3.63) is 157 Å². The largest absolute Gasteiger partial charge is 0.0622 e. The van der Waals surface area contributed by atoms with Crippen molar-refractivity contribution in [2.24, 2.45) is 0 Å². The van der Waals surface area contributed by atoms with Gasteiger partial charge in [0.1, 0.15) is 0 Å². The van der Waals surface area contributed by atoms with Crippen LogP contribution in [-0.4, -0.2) is 0 Å². The van der Waals surface area contributed by atoms with Crippen LogP contribution in [-0.2, 0) is 0 Å². The zero-order valence-electron chi connectivity index (χ0n) is 21.9. The van der Waals surface area contributed by atoms with Crippen molar-refractivity contribution < 1.29 is 0 Å². The lowest BCUT2D eigenvalue weighted by atomic mass is 9.93. The van der Waals surface area contributed by atoms with Crippen molar-refractivity contribution in [1.29, 1.82) is 0 Å². The molecule has 0 spiro atoms. The van der Waals surface area contributed by atoms with E-state index in [-0.39, 0.29) is 0 Å². The van der Waals surface area contributed by atoms with E-state index in [4.69, 9.17) is 0 Å². The molecule has 0 nitrogen and oxygen atoms in total. The van der Waals surface area contributed by atoms with Crippen LogP contribution >= 0.6 is 0 Å². The average Bonchev–Trinajstić information content (AvgIpc) is 3.01. The van der Waals surface area contributed by atoms with Gasteiger partial charge in [0.25, 0.3) is 0 Å². The summed E-state index contributed by atoms with van der Waals surface area (Å²) in [4.78, 5) is 0. The van der Waals surface area contributed by atoms with Crippen LogP contribution in [0.1, 0.15) is 5.56 Å². The molecule has 184 valence electrons. The molecule has 0 saturated heterocycles. The summed E-state index contributed by atoms with van der Waals surface area (Å²) >= 11 is 0. The smallest absolute Gasteiger partial charge is 0.0105 e. The van der Waals surface area contributed by atoms with Crippen molar-refractivity contribution in [2.75, 3.05) is 0 Å². The summed E-state index contributed by atoms with van der Waals surface area (Å²) in [6.07, 6.45) is 0. The van der Waals surface area contributed by atoms with Crippen LogP contribution in [0, 0.1) is 6.92 Å². The van der Waals surface area contributed by atoms with Crippen LogP contribution in [0.3, 0.4) is 0 Å². The molecule has 0 fully saturated rings. The maximum atomic E-state index is 2.31. The minimum atomic E-state index is 1.23. The fourth-order valence-electron chi connectivity index (χ4n) is 5.70. The molecule has 0 aliphatic carbocycles. The number of hydrogen-bond donors (Lipinski definition) is 0. The van der Waals surface area contributed by atoms with Crippen LogP contribution in [0.25, 0.3) is 66.1 Å². The first-order valence-electron chi connectivity index (χ1n) is 13.5. The molecular weight excluding hydrogens is 468 g/mol. The van der Waals surface area contributed by atoms with E-state index in [9.17, 15) is 0 Å². The second-order valence-corrected chi connectivity index (χ2v) is 10.3. The Balaban J connectivity index is 1.26. The summed E-state index contributed by atoms with van der Waals surface area (Å²) in [5.41, 5.74) is 11.2. The summed E-state index contributed by atoms with van der Waals surface area (Å²) < 4.78 is 0. The molecule has 0 amide bonds. The van der Waals surface area contributed by atoms with Gasteiger partial charge in [0.05, 0.1) is 0 Å². The van der Waals surface area contributed by atoms with Crippen LogP contribution in [0.15, 0.2) is 152 Å². The van der Waals surface area contributed by atoms with Gasteiger partial charge in [-0.3, -0.25) is 0 Å². The lowest BCUT2D eigenvalue weighted by Crippen LogP contribution is -1.86. The van der Waals surface area contributed by atoms with Gasteiger partial charge in [0.15, 0.2) is 0 Å². The molecule has 7 aromatic rings. The van der Waals surface area contributed by atoms with E-state index in [0.717, 1.165) is 0 Å². The Kier molecular flexibility index (Phi) is 5.79. The molecule has 0 aliphatic rings. The maximum absolute atomic E-state index is 2.31. The van der Waals surface area contributed by atoms with Crippen molar-refractivity contribution in [3.63, 3.8) is 0 Å². The first-order chi connectivity index (χ1) is 19.2. The number of rotatable bonds is 4. The Morgan fingerprint density at radius 1 is 0.282 bits per heavy atom. The highest BCUT2D eigenvalue weighted by Gasteiger charge is 2.08. The van der Waals surface area contributed by atoms with Crippen LogP contribution < -0.4 is 0 Å². The second kappa shape index (κ2) is 9.74. The van der Waals surface area contributed by atoms with Crippen molar-refractivity contribution in [1.82, 2.24) is 0 Å². The third-order valence-corrected chi connectivity index (χ3v) is 7.65. The highest BCUT2D eigenvalue weighted by Crippen LogP contribution is 2.34. The summed E-state index contributed by atoms with van der Waals surface area (Å²) in [7, 11) is 0. The van der Waals surface area contributed by atoms with E-state index in [1.807, 2.05) is 0 Å². The SMILES string of the molecule is Cc1cc(-c2ccccc2)cc(-c2cccc(-c3cccc(-c4ccc5c(ccc6ccccc65)c4)c3)c2)c1. The van der Waals surface area contributed by atoms with E-state index in [0.29, 0.717) is 0 Å². The lowest BCUT2D eigenvalue weighted by Gasteiger charge is -2.11. The standard InChI is InChI=1S/C39H28/c1-27-21-36(28-9-3-2-4-10-28)26-37(22-27)33-15-8-13-31(24-33)30-12-7-14-32(23-30)34-19-20-39-35(25-34)18-17-29-11-5-6-16-38(29)39/h2-26H,1H3. The van der Waals surface area contributed by atoms with Gasteiger partial charge in [-0.15, -0.1) is 0 Å². The third-order valence-electron chi connectivity index (χ3n) is 7.65. The molecule has 0 aromatic heterocycles. The maximum Gasteiger partial charge on any atom is -0.0105 e. The Morgan fingerprint density at radius 2 is 0.769 bits per heavy atom. The van der Waals surface area contributed by atoms with Crippen LogP contribution in [0.2, 0.25) is 0 Å². The normalized spacial score (nSPS) is 11.2. The van der Waals surface area contributed by atoms with Crippen LogP contribution in [0.5, 0.6) is 0 Å². The van der Waals surface area contributed by atoms with Crippen LogP contribution in [0.4, 0.5) is 0 Å². The van der Waals surface area contributed by atoms with Crippen molar-refractivity contribution >= 4 is 21.5 Å². The van der Waals surface area contributed by atoms with Gasteiger partial charge in [0.2, 0.25) is 0 Å². The second-order valence-electron chi connectivity index (χ2n) is 10.3. The highest BCUT2D eigenvalue weighted by molar-refractivity contribution is 6.08. The monoisotopic (exact) mass is 496 g/mol. The van der Waals surface area contributed by atoms with Crippen molar-refractivity contribution in [2.45, 2.75) is 6.92 Å². The van der Waals surface area contributed by atoms with Gasteiger partial charge in [-0.1, -0.05) is 127 Å². The van der Waals surface area contributed by atoms with E-state index in [2.05, 4.69) is 159 Å². The lowest BCUT2D eigenvalue weighted by molar-refractivity contribution is 1.46. The third kappa shape index (κ3) is 4.51. The van der Waals surface area contributed by atoms with E-state index in [1.54, 1.807) is 0 Å². The minimum Gasteiger partial charge on any atom is -0.0622 e. The summed E-state index contributed by atoms with van der Waals surface area (Å²) in [5.74, 6) is 0. The molecule has 0 unspecified atom stereocenters. The molecule has 0 saturated carbocycles. The van der Waals surface area contributed by atoms with Gasteiger partial charge in [-0.25, -0.2) is 0 Å². The first-order valence-corrected chi connectivity index (χ1v) is 13.5. The zero-order chi connectivity index (χ0) is 26.2. The first kappa shape index (κ1) is 23.2. The molecule has 39 heavy (non-hydrogen) atoms. The molecule has 0 N–H and O–H groups in total. The summed E-state index contributed by atoms with van der Waals surface area (Å²) in [5, 5.41) is 5.16. The summed E-state index contributed by atoms with van der Waals surface area (Å²) in [6, 6.07) is 55.2. The Hall–Kier alpha value is -4.94. The molecule has 0 bridgehead atoms. The summed E-state index contributed by atoms with van der Waals surface area (Å²) in [6.45, 7) is 2.18. The quantitative estimate of drug-likeness (QED) is 0.213. The van der Waals surface area contributed by atoms with Gasteiger partial charge in [-0.2, -0.15) is 0 Å². The van der Waals surface area contributed by atoms with Gasteiger partial charge < -0.3 is 0 Å². The fraction of sp³-hybridized carbons (Fsp3) is 0.0256. The molecule has 7 rings (SSSR count). The number of benzene rings is 7. The molecule has 0 heteroatoms. The molecular formula is C39H28. The Morgan fingerprint density at radius 3 is 1.49 bits per heavy atom. The van der Waals surface area contributed by atoms with Gasteiger partial charge >= 0.3 is 0 Å². The molecule has 0 radical (unpaired) electrons. The Bertz CT molecular complexity index is 1960. The molecule has 0 heterocycles. The minimum absolute atomic E-state index is 1.23. The number of hydrogen-bond acceptors (Lipinski definition) is 0. The van der Waals surface area contributed by atoms with E-state index < -0.39 is 0 Å². The predicted molar refractivity (Wildman–Crippen MR) is 168 cm³/mol. The highest BCUT2D eigenvalue weighted by atomic mass is 14.1. The Labute approximate surface area is 229 Å². The van der Waals surface area contributed by atoms with E-state index >= 15 is 0 Å². The number of fused-ring (bicyclic) bond motifs is 3. The predicted octanol–water partition coefficient (Wildman–Crippen LogP) is 11.0. The zero-order valence-corrected chi connectivity index (χ0v) is 21.9. The molecule has 0 aliphatic heterocycles. The van der Waals surface area contributed by atoms with Gasteiger partial charge in [0, 0.05) is 0 Å². The molecule has 0 atom stereocenters. The van der Waals surface area contributed by atoms with Crippen molar-refractivity contribution in [3.8, 4) is 44.5 Å². The average molecular weight is 497 g/mol. The number of aryl methyl sites for hydroxylation is 1. The fourth-order valence-corrected chi connectivity index (χ4v) is 5.70. The molecule has 7 aromatic carbocycles. The topological polar surface area (TPSA) is 0 Å².